The lowest BCUT2D eigenvalue weighted by Gasteiger charge is -2.51. The number of nitrogens with zero attached hydrogens (tertiary/aromatic N) is 4. The van der Waals surface area contributed by atoms with Crippen LogP contribution in [0.25, 0.3) is 0 Å². The van der Waals surface area contributed by atoms with Crippen molar-refractivity contribution in [2.75, 3.05) is 45.3 Å². The van der Waals surface area contributed by atoms with E-state index in [1.54, 1.807) is 0 Å². The minimum absolute atomic E-state index is 0.160. The Kier molecular flexibility index (Phi) is 7.06. The Morgan fingerprint density at radius 2 is 2.17 bits per heavy atom. The maximum atomic E-state index is 13.0. The number of carboxylic acids is 1. The van der Waals surface area contributed by atoms with E-state index in [-0.39, 0.29) is 35.3 Å². The quantitative estimate of drug-likeness (QED) is 0.124. The first kappa shape index (κ1) is 25.4. The highest BCUT2D eigenvalue weighted by Crippen LogP contribution is 2.41. The van der Waals surface area contributed by atoms with Gasteiger partial charge in [0.25, 0.3) is 11.8 Å². The average molecular weight is 527 g/mol. The van der Waals surface area contributed by atoms with Gasteiger partial charge in [0.15, 0.2) is 10.8 Å². The number of hydrogen-bond donors (Lipinski definition) is 4. The Labute approximate surface area is 208 Å². The standard InChI is InChI=1S/C20H26N6O7S2/c1-26(4-3-11(27)12(28)6-26)5-9-7-34-18-14(17(30)25(18)15(9)19(31)32)23-16(29)13(24-33-2)10-8-35-20(21)22-10/h8,11-12,14,18,27-28H,3-7H2,1-2H3,(H3-,21,22,23,29,31,32)/b24-13-/t11-,12-,14?,18-,26?/m1/s1. The number of anilines is 1. The normalized spacial score (nSPS) is 31.0. The highest BCUT2D eigenvalue weighted by atomic mass is 32.2. The second-order valence-corrected chi connectivity index (χ2v) is 10.9. The minimum atomic E-state index is -1.48. The first-order valence-electron chi connectivity index (χ1n) is 10.8. The Hall–Kier alpha value is -2.72. The van der Waals surface area contributed by atoms with E-state index in [0.29, 0.717) is 28.8 Å². The summed E-state index contributed by atoms with van der Waals surface area (Å²) in [6.45, 7) is 1.09. The molecule has 4 rings (SSSR count). The van der Waals surface area contributed by atoms with Crippen molar-refractivity contribution in [2.45, 2.75) is 30.0 Å². The number of piperidine rings is 1. The van der Waals surface area contributed by atoms with E-state index in [1.807, 2.05) is 7.05 Å². The third-order valence-electron chi connectivity index (χ3n) is 6.30. The second kappa shape index (κ2) is 9.73. The molecule has 2 saturated heterocycles. The molecular weight excluding hydrogens is 500 g/mol. The Balaban J connectivity index is 1.51. The summed E-state index contributed by atoms with van der Waals surface area (Å²) in [7, 11) is 3.13. The van der Waals surface area contributed by atoms with Crippen LogP contribution in [-0.2, 0) is 19.2 Å². The lowest BCUT2D eigenvalue weighted by Crippen LogP contribution is -2.72. The molecule has 4 heterocycles. The Morgan fingerprint density at radius 3 is 2.77 bits per heavy atom. The number of nitrogen functional groups attached to an aromatic ring is 1. The number of nitrogens with two attached hydrogens (primary N) is 1. The van der Waals surface area contributed by atoms with Gasteiger partial charge in [-0.3, -0.25) is 14.5 Å². The van der Waals surface area contributed by atoms with E-state index in [2.05, 4.69) is 15.5 Å². The van der Waals surface area contributed by atoms with Crippen LogP contribution in [0.4, 0.5) is 5.13 Å². The molecule has 0 aliphatic carbocycles. The van der Waals surface area contributed by atoms with E-state index in [9.17, 15) is 29.7 Å². The molecule has 5 N–H and O–H groups in total. The zero-order valence-electron chi connectivity index (χ0n) is 19.0. The predicted octanol–water partition coefficient (Wildman–Crippen LogP) is -2.95. The van der Waals surface area contributed by atoms with E-state index >= 15 is 0 Å². The number of oxime groups is 1. The fourth-order valence-electron chi connectivity index (χ4n) is 4.60. The topological polar surface area (TPSA) is 190 Å². The number of carbonyl (C=O) groups is 3. The van der Waals surface area contributed by atoms with Crippen LogP contribution in [0.15, 0.2) is 21.8 Å². The summed E-state index contributed by atoms with van der Waals surface area (Å²) in [6, 6.07) is -0.974. The van der Waals surface area contributed by atoms with Crippen molar-refractivity contribution in [1.82, 2.24) is 15.2 Å². The van der Waals surface area contributed by atoms with Gasteiger partial charge in [-0.1, -0.05) is 5.16 Å². The number of thiazole rings is 1. The number of fused-ring (bicyclic) bond motifs is 1. The molecule has 3 aliphatic rings. The Bertz CT molecular complexity index is 1110. The molecule has 0 spiro atoms. The summed E-state index contributed by atoms with van der Waals surface area (Å²) in [4.78, 5) is 47.8. The van der Waals surface area contributed by atoms with Crippen LogP contribution in [0, 0.1) is 0 Å². The van der Waals surface area contributed by atoms with Gasteiger partial charge in [-0.15, -0.1) is 23.1 Å². The smallest absolute Gasteiger partial charge is 0.276 e. The van der Waals surface area contributed by atoms with E-state index in [1.165, 1.54) is 24.3 Å². The number of carboxylic acid groups (broad SMARTS) is 1. The molecule has 1 aromatic rings. The molecule has 0 saturated carbocycles. The molecule has 0 radical (unpaired) electrons. The van der Waals surface area contributed by atoms with Crippen LogP contribution in [0.5, 0.6) is 0 Å². The van der Waals surface area contributed by atoms with Crippen LogP contribution < -0.4 is 16.2 Å². The van der Waals surface area contributed by atoms with Gasteiger partial charge < -0.3 is 40.5 Å². The molecule has 35 heavy (non-hydrogen) atoms. The van der Waals surface area contributed by atoms with Gasteiger partial charge in [-0.2, -0.15) is 0 Å². The van der Waals surface area contributed by atoms with Crippen molar-refractivity contribution in [3.8, 4) is 0 Å². The first-order valence-corrected chi connectivity index (χ1v) is 12.7. The average Bonchev–Trinajstić information content (AvgIpc) is 3.23. The summed E-state index contributed by atoms with van der Waals surface area (Å²) in [5.74, 6) is -2.47. The molecule has 2 unspecified atom stereocenters. The van der Waals surface area contributed by atoms with Gasteiger partial charge in [-0.25, -0.2) is 4.98 Å². The highest BCUT2D eigenvalue weighted by molar-refractivity contribution is 8.00. The fourth-order valence-corrected chi connectivity index (χ4v) is 6.48. The van der Waals surface area contributed by atoms with Crippen molar-refractivity contribution in [3.05, 3.63) is 22.3 Å². The van der Waals surface area contributed by atoms with E-state index in [0.717, 1.165) is 16.2 Å². The SMILES string of the molecule is CO/N=C(\C(=O)NC1C(=O)N2C(C(=O)[O-])=C(C[N+]3(C)CC[C@@H](O)[C@H](O)C3)CS[C@H]12)c1csc(N)n1. The molecular formula is C20H26N6O7S2. The maximum Gasteiger partial charge on any atom is 0.276 e. The first-order chi connectivity index (χ1) is 16.5. The number of rotatable bonds is 7. The van der Waals surface area contributed by atoms with Crippen molar-refractivity contribution >= 4 is 51.7 Å². The van der Waals surface area contributed by atoms with E-state index < -0.39 is 41.4 Å². The summed E-state index contributed by atoms with van der Waals surface area (Å²) in [5, 5.41) is 39.4. The van der Waals surface area contributed by atoms with Gasteiger partial charge >= 0.3 is 0 Å². The largest absolute Gasteiger partial charge is 0.543 e. The molecule has 15 heteroatoms. The summed E-state index contributed by atoms with van der Waals surface area (Å²) in [5.41, 5.74) is 5.96. The van der Waals surface area contributed by atoms with Gasteiger partial charge in [-0.05, 0) is 0 Å². The molecule has 2 fully saturated rings. The Morgan fingerprint density at radius 1 is 1.43 bits per heavy atom. The predicted molar refractivity (Wildman–Crippen MR) is 125 cm³/mol. The molecule has 5 atom stereocenters. The zero-order valence-corrected chi connectivity index (χ0v) is 20.7. The number of thioether (sulfide) groups is 1. The molecule has 2 amide bonds. The van der Waals surface area contributed by atoms with Gasteiger partial charge in [0.1, 0.15) is 43.4 Å². The second-order valence-electron chi connectivity index (χ2n) is 8.90. The third-order valence-corrected chi connectivity index (χ3v) is 8.31. The van der Waals surface area contributed by atoms with Gasteiger partial charge in [0, 0.05) is 23.1 Å². The number of hydrogen-bond acceptors (Lipinski definition) is 12. The van der Waals surface area contributed by atoms with Crippen LogP contribution in [0.2, 0.25) is 0 Å². The van der Waals surface area contributed by atoms with Crippen molar-refractivity contribution in [2.24, 2.45) is 5.16 Å². The lowest BCUT2D eigenvalue weighted by molar-refractivity contribution is -0.914. The number of amides is 2. The number of likely N-dealkylation sites (tertiary alicyclic amines) is 1. The number of β-lactam (4-membered cyclic amide) rings is 1. The summed E-state index contributed by atoms with van der Waals surface area (Å²) < 4.78 is 0.325. The van der Waals surface area contributed by atoms with Gasteiger partial charge in [0.2, 0.25) is 0 Å². The zero-order chi connectivity index (χ0) is 25.5. The number of carbonyl (C=O) groups excluding carboxylic acids is 3. The molecule has 0 aromatic carbocycles. The molecule has 0 bridgehead atoms. The van der Waals surface area contributed by atoms with Crippen LogP contribution in [0.1, 0.15) is 12.1 Å². The van der Waals surface area contributed by atoms with Crippen LogP contribution in [-0.4, -0.2) is 111 Å². The van der Waals surface area contributed by atoms with Crippen molar-refractivity contribution in [1.29, 1.82) is 0 Å². The summed E-state index contributed by atoms with van der Waals surface area (Å²) >= 11 is 2.44. The number of aliphatic carboxylic acids is 1. The lowest BCUT2D eigenvalue weighted by atomic mass is 9.99. The van der Waals surface area contributed by atoms with Crippen LogP contribution in [0.3, 0.4) is 0 Å². The highest BCUT2D eigenvalue weighted by Gasteiger charge is 2.54. The fraction of sp³-hybridized carbons (Fsp3) is 0.550. The molecule has 190 valence electrons. The van der Waals surface area contributed by atoms with Crippen LogP contribution >= 0.6 is 23.1 Å². The number of aliphatic hydroxyl groups excluding tert-OH is 2. The van der Waals surface area contributed by atoms with Gasteiger partial charge in [0.05, 0.1) is 31.4 Å². The monoisotopic (exact) mass is 526 g/mol. The molecule has 1 aromatic heterocycles. The third kappa shape index (κ3) is 4.86. The van der Waals surface area contributed by atoms with Crippen molar-refractivity contribution < 1.29 is 39.0 Å². The van der Waals surface area contributed by atoms with Crippen molar-refractivity contribution in [3.63, 3.8) is 0 Å². The molecule has 13 nitrogen and oxygen atoms in total. The number of nitrogens with one attached hydrogen (secondary N) is 1. The number of quaternary nitrogens is 1. The molecule has 3 aliphatic heterocycles. The number of likely N-dealkylation sites (N-methyl/N-ethyl adjacent to an activating group) is 1. The maximum absolute atomic E-state index is 13.0. The van der Waals surface area contributed by atoms with E-state index in [4.69, 9.17) is 10.6 Å². The number of aromatic nitrogens is 1. The summed E-state index contributed by atoms with van der Waals surface area (Å²) in [6.07, 6.45) is -1.34. The number of aliphatic hydroxyl groups is 2. The minimum Gasteiger partial charge on any atom is -0.543 e.